The van der Waals surface area contributed by atoms with Gasteiger partial charge in [0, 0.05) is 32.6 Å². The second-order valence-corrected chi connectivity index (χ2v) is 8.91. The molecule has 5 atom stereocenters. The van der Waals surface area contributed by atoms with Gasteiger partial charge in [0.15, 0.2) is 0 Å². The molecule has 5 unspecified atom stereocenters. The van der Waals surface area contributed by atoms with Gasteiger partial charge in [-0.25, -0.2) is 0 Å². The maximum absolute atomic E-state index is 11.9. The zero-order valence-corrected chi connectivity index (χ0v) is 18.5. The monoisotopic (exact) mass is 404 g/mol. The van der Waals surface area contributed by atoms with E-state index in [1.165, 1.54) is 19.4 Å². The number of ether oxygens (including phenoxy) is 2. The third-order valence-electron chi connectivity index (χ3n) is 6.08. The molecule has 2 fully saturated rings. The molecule has 0 aliphatic heterocycles. The highest BCUT2D eigenvalue weighted by Gasteiger charge is 2.48. The van der Waals surface area contributed by atoms with Crippen molar-refractivity contribution in [2.24, 2.45) is 17.8 Å². The van der Waals surface area contributed by atoms with Crippen LogP contribution in [0.2, 0.25) is 0 Å². The van der Waals surface area contributed by atoms with Crippen LogP contribution in [-0.4, -0.2) is 29.9 Å². The van der Waals surface area contributed by atoms with Gasteiger partial charge in [0.1, 0.15) is 18.0 Å². The Labute approximate surface area is 174 Å². The molecule has 5 heteroatoms. The summed E-state index contributed by atoms with van der Waals surface area (Å²) >= 11 is 0. The fourth-order valence-electron chi connectivity index (χ4n) is 4.82. The highest BCUT2D eigenvalue weighted by Crippen LogP contribution is 2.48. The number of fused-ring (bicyclic) bond motifs is 1. The summed E-state index contributed by atoms with van der Waals surface area (Å²) in [6, 6.07) is 0. The Morgan fingerprint density at radius 1 is 1.07 bits per heavy atom. The fraction of sp³-hybridized carbons (Fsp3) is 0.708. The molecule has 0 amide bonds. The molecule has 0 bridgehead atoms. The number of rotatable bonds is 9. The largest absolute Gasteiger partial charge is 0.462 e. The predicted octanol–water partition coefficient (Wildman–Crippen LogP) is 4.94. The Morgan fingerprint density at radius 2 is 1.79 bits per heavy atom. The molecule has 162 valence electrons. The van der Waals surface area contributed by atoms with Crippen LogP contribution >= 0.6 is 0 Å². The summed E-state index contributed by atoms with van der Waals surface area (Å²) in [5, 5.41) is 0. The lowest BCUT2D eigenvalue weighted by atomic mass is 9.88. The quantitative estimate of drug-likeness (QED) is 0.309. The molecule has 0 aromatic rings. The van der Waals surface area contributed by atoms with E-state index in [0.29, 0.717) is 18.6 Å². The summed E-state index contributed by atoms with van der Waals surface area (Å²) in [7, 11) is 0. The van der Waals surface area contributed by atoms with Crippen molar-refractivity contribution in [3.05, 3.63) is 23.3 Å². The van der Waals surface area contributed by atoms with E-state index in [4.69, 9.17) is 9.47 Å². The lowest BCUT2D eigenvalue weighted by Gasteiger charge is -2.24. The molecule has 2 rings (SSSR count). The van der Waals surface area contributed by atoms with Crippen LogP contribution < -0.4 is 0 Å². The summed E-state index contributed by atoms with van der Waals surface area (Å²) in [6.45, 7) is 9.04. The van der Waals surface area contributed by atoms with Crippen LogP contribution in [0, 0.1) is 17.8 Å². The first-order valence-electron chi connectivity index (χ1n) is 10.8. The molecule has 0 spiro atoms. The zero-order valence-electron chi connectivity index (χ0n) is 18.5. The molecule has 0 radical (unpaired) electrons. The topological polar surface area (TPSA) is 69.7 Å². The van der Waals surface area contributed by atoms with Crippen molar-refractivity contribution in [1.82, 2.24) is 0 Å². The molecule has 2 aliphatic carbocycles. The van der Waals surface area contributed by atoms with Gasteiger partial charge in [0.05, 0.1) is 0 Å². The van der Waals surface area contributed by atoms with Crippen molar-refractivity contribution >= 4 is 17.7 Å². The van der Waals surface area contributed by atoms with E-state index < -0.39 is 0 Å². The summed E-state index contributed by atoms with van der Waals surface area (Å²) in [4.78, 5) is 35.1. The van der Waals surface area contributed by atoms with Crippen LogP contribution in [0.4, 0.5) is 0 Å². The number of carbonyl (C=O) groups excluding carboxylic acids is 3. The SMILES string of the molecule is CC(=O)OC(CCCCC=C(C)C)C(C)=CC1C(OC(C)=O)CC2CC(=O)CC21. The molecule has 0 N–H and O–H groups in total. The molecule has 2 saturated carbocycles. The van der Waals surface area contributed by atoms with Gasteiger partial charge in [0.2, 0.25) is 0 Å². The number of Topliss-reactive ketones (excluding diaryl/α,β-unsaturated/α-hetero) is 1. The first-order chi connectivity index (χ1) is 13.7. The lowest BCUT2D eigenvalue weighted by Crippen LogP contribution is -2.25. The van der Waals surface area contributed by atoms with Gasteiger partial charge in [-0.2, -0.15) is 0 Å². The standard InChI is InChI=1S/C24H36O5/c1-15(2)9-7-6-8-10-23(28-17(4)25)16(3)11-22-21-14-20(27)12-19(21)13-24(22)29-18(5)26/h9,11,19,21-24H,6-8,10,12-14H2,1-5H3. The molecule has 0 heterocycles. The number of carbonyl (C=O) groups is 3. The average Bonchev–Trinajstić information content (AvgIpc) is 3.09. The van der Waals surface area contributed by atoms with Crippen molar-refractivity contribution in [3.63, 3.8) is 0 Å². The van der Waals surface area contributed by atoms with E-state index in [1.807, 2.05) is 6.92 Å². The van der Waals surface area contributed by atoms with Crippen molar-refractivity contribution < 1.29 is 23.9 Å². The Balaban J connectivity index is 2.09. The summed E-state index contributed by atoms with van der Waals surface area (Å²) < 4.78 is 11.2. The van der Waals surface area contributed by atoms with Gasteiger partial charge >= 0.3 is 11.9 Å². The van der Waals surface area contributed by atoms with E-state index in [0.717, 1.165) is 37.7 Å². The minimum atomic E-state index is -0.288. The van der Waals surface area contributed by atoms with Crippen molar-refractivity contribution in [1.29, 1.82) is 0 Å². The maximum atomic E-state index is 11.9. The van der Waals surface area contributed by atoms with Gasteiger partial charge in [-0.1, -0.05) is 17.7 Å². The van der Waals surface area contributed by atoms with E-state index in [9.17, 15) is 14.4 Å². The third-order valence-corrected chi connectivity index (χ3v) is 6.08. The second-order valence-electron chi connectivity index (χ2n) is 8.91. The van der Waals surface area contributed by atoms with Crippen LogP contribution in [0.1, 0.15) is 79.6 Å². The van der Waals surface area contributed by atoms with Crippen molar-refractivity contribution in [2.75, 3.05) is 0 Å². The smallest absolute Gasteiger partial charge is 0.303 e. The van der Waals surface area contributed by atoms with E-state index in [2.05, 4.69) is 26.0 Å². The molecule has 2 aliphatic rings. The first kappa shape index (κ1) is 23.4. The highest BCUT2D eigenvalue weighted by atomic mass is 16.5. The Kier molecular flexibility index (Phi) is 8.66. The van der Waals surface area contributed by atoms with Crippen LogP contribution in [0.5, 0.6) is 0 Å². The molecule has 0 aromatic carbocycles. The Bertz CT molecular complexity index is 671. The summed E-state index contributed by atoms with van der Waals surface area (Å²) in [5.41, 5.74) is 2.31. The number of hydrogen-bond acceptors (Lipinski definition) is 5. The number of hydrogen-bond donors (Lipinski definition) is 0. The minimum absolute atomic E-state index is 0.0130. The van der Waals surface area contributed by atoms with E-state index >= 15 is 0 Å². The lowest BCUT2D eigenvalue weighted by molar-refractivity contribution is -0.147. The predicted molar refractivity (Wildman–Crippen MR) is 112 cm³/mol. The van der Waals surface area contributed by atoms with Crippen molar-refractivity contribution in [2.45, 2.75) is 91.8 Å². The van der Waals surface area contributed by atoms with E-state index in [1.54, 1.807) is 0 Å². The van der Waals surface area contributed by atoms with E-state index in [-0.39, 0.29) is 41.9 Å². The van der Waals surface area contributed by atoms with Gasteiger partial charge in [-0.3, -0.25) is 14.4 Å². The molecule has 0 aromatic heterocycles. The second kappa shape index (κ2) is 10.7. The Hall–Kier alpha value is -1.91. The molecule has 29 heavy (non-hydrogen) atoms. The minimum Gasteiger partial charge on any atom is -0.462 e. The number of unbranched alkanes of at least 4 members (excludes halogenated alkanes) is 2. The summed E-state index contributed by atoms with van der Waals surface area (Å²) in [5.74, 6) is 0.249. The van der Waals surface area contributed by atoms with Crippen molar-refractivity contribution in [3.8, 4) is 0 Å². The van der Waals surface area contributed by atoms with Crippen LogP contribution in [-0.2, 0) is 23.9 Å². The van der Waals surface area contributed by atoms with Crippen LogP contribution in [0.15, 0.2) is 23.3 Å². The van der Waals surface area contributed by atoms with Gasteiger partial charge in [-0.05, 0) is 70.3 Å². The molecule has 0 saturated heterocycles. The number of allylic oxidation sites excluding steroid dienone is 2. The molecule has 5 nitrogen and oxygen atoms in total. The third kappa shape index (κ3) is 7.13. The van der Waals surface area contributed by atoms with Gasteiger partial charge in [-0.15, -0.1) is 0 Å². The average molecular weight is 405 g/mol. The Morgan fingerprint density at radius 3 is 2.41 bits per heavy atom. The first-order valence-corrected chi connectivity index (χ1v) is 10.8. The fourth-order valence-corrected chi connectivity index (χ4v) is 4.82. The molecular weight excluding hydrogens is 368 g/mol. The van der Waals surface area contributed by atoms with Crippen LogP contribution in [0.3, 0.4) is 0 Å². The zero-order chi connectivity index (χ0) is 21.6. The maximum Gasteiger partial charge on any atom is 0.303 e. The number of esters is 2. The highest BCUT2D eigenvalue weighted by molar-refractivity contribution is 5.81. The van der Waals surface area contributed by atoms with Crippen LogP contribution in [0.25, 0.3) is 0 Å². The van der Waals surface area contributed by atoms with Gasteiger partial charge in [0.25, 0.3) is 0 Å². The molecular formula is C24H36O5. The normalized spacial score (nSPS) is 27.3. The van der Waals surface area contributed by atoms with Gasteiger partial charge < -0.3 is 9.47 Å². The summed E-state index contributed by atoms with van der Waals surface area (Å²) in [6.07, 6.45) is 9.58. The number of ketones is 1.